The van der Waals surface area contributed by atoms with Crippen LogP contribution in [0, 0.1) is 13.8 Å². The topological polar surface area (TPSA) is 73.9 Å². The number of nitrogens with one attached hydrogen (secondary N) is 1. The summed E-state index contributed by atoms with van der Waals surface area (Å²) in [6, 6.07) is 21.2. The molecule has 0 aliphatic heterocycles. The molecule has 0 amide bonds. The third-order valence-corrected chi connectivity index (χ3v) is 5.78. The van der Waals surface area contributed by atoms with E-state index in [1.165, 1.54) is 0 Å². The number of rotatable bonds is 10. The van der Waals surface area contributed by atoms with Gasteiger partial charge >= 0.3 is 0 Å². The van der Waals surface area contributed by atoms with Crippen LogP contribution >= 0.6 is 0 Å². The Hall–Kier alpha value is -2.87. The van der Waals surface area contributed by atoms with Crippen molar-refractivity contribution in [3.8, 4) is 17.2 Å². The van der Waals surface area contributed by atoms with E-state index in [0.717, 1.165) is 28.7 Å². The number of hydrogen-bond acceptors (Lipinski definition) is 6. The molecule has 0 fully saturated rings. The average Bonchev–Trinajstić information content (AvgIpc) is 2.76. The largest absolute Gasteiger partial charge is 0.489 e. The van der Waals surface area contributed by atoms with Crippen LogP contribution in [-0.4, -0.2) is 26.8 Å². The van der Waals surface area contributed by atoms with Gasteiger partial charge in [0.2, 0.25) is 0 Å². The van der Waals surface area contributed by atoms with Gasteiger partial charge < -0.3 is 14.8 Å². The second-order valence-corrected chi connectivity index (χ2v) is 11.4. The van der Waals surface area contributed by atoms with Gasteiger partial charge in [-0.15, -0.1) is 0 Å². The highest BCUT2D eigenvalue weighted by molar-refractivity contribution is 7.86. The van der Waals surface area contributed by atoms with Gasteiger partial charge in [-0.1, -0.05) is 35.9 Å². The monoisotopic (exact) mass is 497 g/mol. The van der Waals surface area contributed by atoms with Crippen molar-refractivity contribution < 1.29 is 22.1 Å². The van der Waals surface area contributed by atoms with Gasteiger partial charge in [0.15, 0.2) is 0 Å². The van der Waals surface area contributed by atoms with E-state index in [4.69, 9.17) is 13.7 Å². The van der Waals surface area contributed by atoms with Gasteiger partial charge in [0.1, 0.15) is 30.0 Å². The van der Waals surface area contributed by atoms with Crippen molar-refractivity contribution in [2.24, 2.45) is 0 Å². The molecular weight excluding hydrogens is 462 g/mol. The minimum absolute atomic E-state index is 0.204. The number of hydrogen-bond donors (Lipinski definition) is 1. The molecular formula is C28H35NO5S. The van der Waals surface area contributed by atoms with Gasteiger partial charge in [0.25, 0.3) is 10.1 Å². The smallest absolute Gasteiger partial charge is 0.265 e. The molecule has 1 unspecified atom stereocenters. The van der Waals surface area contributed by atoms with Gasteiger partial charge in [-0.05, 0) is 82.1 Å². The Kier molecular flexibility index (Phi) is 8.59. The summed E-state index contributed by atoms with van der Waals surface area (Å²) in [5.74, 6) is 2.09. The lowest BCUT2D eigenvalue weighted by atomic mass is 10.0. The molecule has 0 aromatic heterocycles. The lowest BCUT2D eigenvalue weighted by Crippen LogP contribution is -2.39. The fraction of sp³-hybridized carbons (Fsp3) is 0.357. The first-order valence-corrected chi connectivity index (χ1v) is 13.4. The number of ether oxygens (including phenoxy) is 2. The van der Waals surface area contributed by atoms with Crippen LogP contribution < -0.4 is 14.8 Å². The van der Waals surface area contributed by atoms with Crippen LogP contribution in [0.2, 0.25) is 0 Å². The summed E-state index contributed by atoms with van der Waals surface area (Å²) in [6.45, 7) is 10.7. The Morgan fingerprint density at radius 2 is 1.60 bits per heavy atom. The summed E-state index contributed by atoms with van der Waals surface area (Å²) in [6.07, 6.45) is 0.364. The van der Waals surface area contributed by atoms with E-state index < -0.39 is 16.2 Å². The maximum Gasteiger partial charge on any atom is 0.265 e. The summed E-state index contributed by atoms with van der Waals surface area (Å²) in [5.41, 5.74) is 3.53. The van der Waals surface area contributed by atoms with Crippen molar-refractivity contribution in [3.63, 3.8) is 0 Å². The molecule has 0 spiro atoms. The van der Waals surface area contributed by atoms with Crippen LogP contribution in [0.3, 0.4) is 0 Å². The minimum Gasteiger partial charge on any atom is -0.489 e. The predicted molar refractivity (Wildman–Crippen MR) is 140 cm³/mol. The Balaban J connectivity index is 1.94. The van der Waals surface area contributed by atoms with Gasteiger partial charge in [-0.3, -0.25) is 4.18 Å². The Bertz CT molecular complexity index is 1230. The lowest BCUT2D eigenvalue weighted by molar-refractivity contribution is 0.197. The molecule has 1 atom stereocenters. The van der Waals surface area contributed by atoms with Crippen molar-refractivity contribution >= 4 is 10.1 Å². The minimum atomic E-state index is -3.68. The van der Waals surface area contributed by atoms with E-state index >= 15 is 0 Å². The van der Waals surface area contributed by atoms with E-state index in [1.54, 1.807) is 0 Å². The molecule has 0 aliphatic rings. The van der Waals surface area contributed by atoms with Crippen LogP contribution in [0.4, 0.5) is 0 Å². The highest BCUT2D eigenvalue weighted by atomic mass is 32.2. The molecule has 0 saturated heterocycles. The second kappa shape index (κ2) is 11.2. The zero-order valence-corrected chi connectivity index (χ0v) is 22.1. The highest BCUT2D eigenvalue weighted by Gasteiger charge is 2.22. The maximum atomic E-state index is 12.0. The van der Waals surface area contributed by atoms with E-state index in [0.29, 0.717) is 23.6 Å². The molecule has 35 heavy (non-hydrogen) atoms. The molecule has 0 aliphatic carbocycles. The lowest BCUT2D eigenvalue weighted by Gasteiger charge is -2.25. The van der Waals surface area contributed by atoms with Crippen LogP contribution in [0.25, 0.3) is 0 Å². The molecule has 7 heteroatoms. The zero-order valence-electron chi connectivity index (χ0n) is 21.3. The maximum absolute atomic E-state index is 12.0. The normalized spacial score (nSPS) is 12.9. The summed E-state index contributed by atoms with van der Waals surface area (Å²) >= 11 is 0. The first-order chi connectivity index (χ1) is 16.4. The van der Waals surface area contributed by atoms with Crippen molar-refractivity contribution in [2.45, 2.75) is 52.9 Å². The van der Waals surface area contributed by atoms with E-state index in [1.807, 2.05) is 101 Å². The number of aryl methyl sites for hydroxylation is 2. The molecule has 0 radical (unpaired) electrons. The van der Waals surface area contributed by atoms with E-state index in [2.05, 4.69) is 5.32 Å². The van der Waals surface area contributed by atoms with Crippen molar-refractivity contribution in [2.75, 3.05) is 12.8 Å². The van der Waals surface area contributed by atoms with Crippen LogP contribution in [0.15, 0.2) is 66.7 Å². The van der Waals surface area contributed by atoms with Gasteiger partial charge in [0, 0.05) is 17.6 Å². The molecule has 0 bridgehead atoms. The summed E-state index contributed by atoms with van der Waals surface area (Å²) in [4.78, 5) is 0. The molecule has 6 nitrogen and oxygen atoms in total. The van der Waals surface area contributed by atoms with Crippen molar-refractivity contribution in [3.05, 3.63) is 89.0 Å². The summed E-state index contributed by atoms with van der Waals surface area (Å²) in [7, 11) is -3.68. The van der Waals surface area contributed by atoms with Crippen LogP contribution in [-0.2, 0) is 20.9 Å². The van der Waals surface area contributed by atoms with E-state index in [-0.39, 0.29) is 12.1 Å². The molecule has 188 valence electrons. The SMILES string of the molecule is Cc1ccc(OCc2cc(C(CNC(C)(C)C)OS(C)(=O)=O)ccc2Oc2cccc(C)c2)cc1. The predicted octanol–water partition coefficient (Wildman–Crippen LogP) is 6.08. The molecule has 3 aromatic carbocycles. The van der Waals surface area contributed by atoms with Crippen molar-refractivity contribution in [1.29, 1.82) is 0 Å². The van der Waals surface area contributed by atoms with Crippen LogP contribution in [0.5, 0.6) is 17.2 Å². The fourth-order valence-corrected chi connectivity index (χ4v) is 4.03. The highest BCUT2D eigenvalue weighted by Crippen LogP contribution is 2.31. The molecule has 0 saturated carbocycles. The molecule has 0 heterocycles. The van der Waals surface area contributed by atoms with Crippen LogP contribution in [0.1, 0.15) is 49.1 Å². The number of benzene rings is 3. The fourth-order valence-electron chi connectivity index (χ4n) is 3.43. The Morgan fingerprint density at radius 3 is 2.23 bits per heavy atom. The Labute approximate surface area is 209 Å². The summed E-state index contributed by atoms with van der Waals surface area (Å²) < 4.78 is 41.7. The average molecular weight is 498 g/mol. The quantitative estimate of drug-likeness (QED) is 0.342. The van der Waals surface area contributed by atoms with Crippen molar-refractivity contribution in [1.82, 2.24) is 5.32 Å². The molecule has 3 rings (SSSR count). The first-order valence-electron chi connectivity index (χ1n) is 11.6. The third-order valence-electron chi connectivity index (χ3n) is 5.20. The van der Waals surface area contributed by atoms with Gasteiger partial charge in [-0.25, -0.2) is 0 Å². The third kappa shape index (κ3) is 9.02. The van der Waals surface area contributed by atoms with E-state index in [9.17, 15) is 8.42 Å². The molecule has 3 aromatic rings. The Morgan fingerprint density at radius 1 is 0.886 bits per heavy atom. The second-order valence-electron chi connectivity index (χ2n) is 9.81. The summed E-state index contributed by atoms with van der Waals surface area (Å²) in [5, 5.41) is 3.33. The molecule has 1 N–H and O–H groups in total. The first kappa shape index (κ1) is 26.7. The zero-order chi connectivity index (χ0) is 25.6. The van der Waals surface area contributed by atoms with Gasteiger partial charge in [0.05, 0.1) is 6.26 Å². The standard InChI is InChI=1S/C28H35NO5S/c1-20-10-13-24(14-11-20)32-19-23-17-22(27(34-35(6,30)31)18-29-28(3,4)5)12-15-26(23)33-25-9-7-8-21(2)16-25/h7-17,27,29H,18-19H2,1-6H3. The van der Waals surface area contributed by atoms with Gasteiger partial charge in [-0.2, -0.15) is 8.42 Å².